The van der Waals surface area contributed by atoms with Gasteiger partial charge in [-0.2, -0.15) is 0 Å². The van der Waals surface area contributed by atoms with Crippen LogP contribution in [-0.2, 0) is 9.59 Å². The Morgan fingerprint density at radius 2 is 2.08 bits per heavy atom. The molecule has 10 heteroatoms. The number of anilines is 1. The average Bonchev–Trinajstić information content (AvgIpc) is 2.85. The van der Waals surface area contributed by atoms with Gasteiger partial charge >= 0.3 is 0 Å². The van der Waals surface area contributed by atoms with Crippen molar-refractivity contribution in [3.05, 3.63) is 29.8 Å². The van der Waals surface area contributed by atoms with Gasteiger partial charge in [-0.1, -0.05) is 0 Å². The van der Waals surface area contributed by atoms with E-state index in [9.17, 15) is 27.2 Å². The number of amides is 2. The van der Waals surface area contributed by atoms with Gasteiger partial charge in [0, 0.05) is 36.1 Å². The van der Waals surface area contributed by atoms with Crippen molar-refractivity contribution in [1.29, 1.82) is 0 Å². The Morgan fingerprint density at radius 3 is 2.73 bits per heavy atom. The SMILES string of the molecule is CC1NN(CC(=O)Nc2ccc(F)c(F)c2)C2NC(=O)CC(C(F)F)C12. The van der Waals surface area contributed by atoms with Crippen LogP contribution in [0, 0.1) is 23.5 Å². The number of nitrogens with one attached hydrogen (secondary N) is 3. The largest absolute Gasteiger partial charge is 0.339 e. The lowest BCUT2D eigenvalue weighted by atomic mass is 9.80. The maximum atomic E-state index is 13.3. The van der Waals surface area contributed by atoms with Crippen molar-refractivity contribution in [2.24, 2.45) is 11.8 Å². The van der Waals surface area contributed by atoms with Crippen molar-refractivity contribution < 1.29 is 27.2 Å². The number of alkyl halides is 2. The number of carbonyl (C=O) groups excluding carboxylic acids is 2. The van der Waals surface area contributed by atoms with Crippen LogP contribution in [0.4, 0.5) is 23.2 Å². The van der Waals surface area contributed by atoms with E-state index in [2.05, 4.69) is 16.1 Å². The molecule has 2 fully saturated rings. The molecule has 0 bridgehead atoms. The fourth-order valence-corrected chi connectivity index (χ4v) is 3.59. The molecular weight excluding hydrogens is 356 g/mol. The number of rotatable bonds is 4. The second-order valence-electron chi connectivity index (χ2n) is 6.51. The van der Waals surface area contributed by atoms with Crippen LogP contribution in [0.3, 0.4) is 0 Å². The summed E-state index contributed by atoms with van der Waals surface area (Å²) < 4.78 is 52.7. The summed E-state index contributed by atoms with van der Waals surface area (Å²) in [5.74, 6) is -4.86. The summed E-state index contributed by atoms with van der Waals surface area (Å²) >= 11 is 0. The van der Waals surface area contributed by atoms with E-state index in [0.29, 0.717) is 0 Å². The first kappa shape index (κ1) is 18.6. The zero-order chi connectivity index (χ0) is 19.0. The highest BCUT2D eigenvalue weighted by Gasteiger charge is 2.51. The average molecular weight is 374 g/mol. The van der Waals surface area contributed by atoms with Gasteiger partial charge in [0.25, 0.3) is 0 Å². The molecule has 0 aromatic heterocycles. The lowest BCUT2D eigenvalue weighted by Gasteiger charge is -2.36. The molecule has 0 radical (unpaired) electrons. The lowest BCUT2D eigenvalue weighted by molar-refractivity contribution is -0.133. The highest BCUT2D eigenvalue weighted by molar-refractivity contribution is 5.92. The molecule has 1 aromatic rings. The molecule has 4 atom stereocenters. The first-order valence-electron chi connectivity index (χ1n) is 8.11. The fourth-order valence-electron chi connectivity index (χ4n) is 3.59. The van der Waals surface area contributed by atoms with Gasteiger partial charge in [0.1, 0.15) is 6.17 Å². The minimum atomic E-state index is -2.64. The van der Waals surface area contributed by atoms with Gasteiger partial charge in [-0.3, -0.25) is 9.59 Å². The van der Waals surface area contributed by atoms with Crippen molar-refractivity contribution in [2.45, 2.75) is 32.0 Å². The maximum Gasteiger partial charge on any atom is 0.242 e. The van der Waals surface area contributed by atoms with E-state index in [-0.39, 0.29) is 24.7 Å². The first-order valence-corrected chi connectivity index (χ1v) is 8.11. The Bertz CT molecular complexity index is 717. The normalized spacial score (nSPS) is 28.8. The van der Waals surface area contributed by atoms with E-state index >= 15 is 0 Å². The van der Waals surface area contributed by atoms with Crippen LogP contribution in [0.2, 0.25) is 0 Å². The number of nitrogens with zero attached hydrogens (tertiary/aromatic N) is 1. The van der Waals surface area contributed by atoms with E-state index in [1.165, 1.54) is 11.1 Å². The third-order valence-corrected chi connectivity index (χ3v) is 4.71. The van der Waals surface area contributed by atoms with E-state index in [1.807, 2.05) is 0 Å². The first-order chi connectivity index (χ1) is 12.3. The Morgan fingerprint density at radius 1 is 1.35 bits per heavy atom. The molecule has 4 unspecified atom stereocenters. The summed E-state index contributed by atoms with van der Waals surface area (Å²) in [7, 11) is 0. The minimum absolute atomic E-state index is 0.0656. The second-order valence-corrected chi connectivity index (χ2v) is 6.51. The Kier molecular flexibility index (Phi) is 5.15. The molecule has 1 aromatic carbocycles. The summed E-state index contributed by atoms with van der Waals surface area (Å²) in [6, 6.07) is 2.56. The third-order valence-electron chi connectivity index (χ3n) is 4.71. The number of benzene rings is 1. The molecule has 6 nitrogen and oxygen atoms in total. The molecule has 3 rings (SSSR count). The Balaban J connectivity index is 1.68. The number of hydrazine groups is 1. The van der Waals surface area contributed by atoms with E-state index < -0.39 is 47.9 Å². The smallest absolute Gasteiger partial charge is 0.242 e. The van der Waals surface area contributed by atoms with Crippen LogP contribution in [0.1, 0.15) is 13.3 Å². The Labute approximate surface area is 146 Å². The zero-order valence-corrected chi connectivity index (χ0v) is 13.8. The van der Waals surface area contributed by atoms with Crippen molar-refractivity contribution >= 4 is 17.5 Å². The van der Waals surface area contributed by atoms with Gasteiger partial charge < -0.3 is 10.6 Å². The van der Waals surface area contributed by atoms with Crippen molar-refractivity contribution in [3.63, 3.8) is 0 Å². The van der Waals surface area contributed by atoms with Gasteiger partial charge in [-0.25, -0.2) is 28.0 Å². The summed E-state index contributed by atoms with van der Waals surface area (Å²) in [5.41, 5.74) is 2.99. The predicted molar refractivity (Wildman–Crippen MR) is 83.8 cm³/mol. The molecule has 3 N–H and O–H groups in total. The fraction of sp³-hybridized carbons (Fsp3) is 0.500. The molecule has 2 heterocycles. The number of carbonyl (C=O) groups is 2. The number of hydrogen-bond acceptors (Lipinski definition) is 4. The molecule has 142 valence electrons. The summed E-state index contributed by atoms with van der Waals surface area (Å²) in [4.78, 5) is 23.9. The molecule has 26 heavy (non-hydrogen) atoms. The number of hydrogen-bond donors (Lipinski definition) is 3. The highest BCUT2D eigenvalue weighted by Crippen LogP contribution is 2.36. The second kappa shape index (κ2) is 7.20. The quantitative estimate of drug-likeness (QED) is 0.698. The summed E-state index contributed by atoms with van der Waals surface area (Å²) in [6.07, 6.45) is -3.66. The molecule has 2 amide bonds. The predicted octanol–water partition coefficient (Wildman–Crippen LogP) is 1.46. The lowest BCUT2D eigenvalue weighted by Crippen LogP contribution is -2.57. The van der Waals surface area contributed by atoms with Crippen LogP contribution in [0.5, 0.6) is 0 Å². The van der Waals surface area contributed by atoms with Crippen LogP contribution >= 0.6 is 0 Å². The van der Waals surface area contributed by atoms with Crippen molar-refractivity contribution in [2.75, 3.05) is 11.9 Å². The van der Waals surface area contributed by atoms with Crippen LogP contribution in [0.15, 0.2) is 18.2 Å². The zero-order valence-electron chi connectivity index (χ0n) is 13.8. The number of piperidine rings is 1. The standard InChI is InChI=1S/C16H18F4N4O2/c1-7-14-9(15(19)20)5-12(25)22-16(14)24(23-7)6-13(26)21-8-2-3-10(17)11(18)4-8/h2-4,7,9,14-16,23H,5-6H2,1H3,(H,21,26)(H,22,25). The minimum Gasteiger partial charge on any atom is -0.339 e. The molecule has 2 aliphatic heterocycles. The van der Waals surface area contributed by atoms with Gasteiger partial charge in [0.05, 0.1) is 6.54 Å². The van der Waals surface area contributed by atoms with Gasteiger partial charge in [-0.05, 0) is 19.1 Å². The van der Waals surface area contributed by atoms with E-state index in [4.69, 9.17) is 0 Å². The molecular formula is C16H18F4N4O2. The van der Waals surface area contributed by atoms with Crippen LogP contribution in [0.25, 0.3) is 0 Å². The van der Waals surface area contributed by atoms with Crippen molar-refractivity contribution in [1.82, 2.24) is 15.8 Å². The third kappa shape index (κ3) is 3.65. The Hall–Kier alpha value is -2.20. The van der Waals surface area contributed by atoms with Gasteiger partial charge in [-0.15, -0.1) is 0 Å². The molecule has 2 saturated heterocycles. The molecule has 0 spiro atoms. The molecule has 0 aliphatic carbocycles. The molecule has 0 saturated carbocycles. The topological polar surface area (TPSA) is 73.5 Å². The van der Waals surface area contributed by atoms with Gasteiger partial charge in [0.2, 0.25) is 18.2 Å². The highest BCUT2D eigenvalue weighted by atomic mass is 19.3. The van der Waals surface area contributed by atoms with E-state index in [0.717, 1.165) is 12.1 Å². The van der Waals surface area contributed by atoms with Gasteiger partial charge in [0.15, 0.2) is 11.6 Å². The van der Waals surface area contributed by atoms with Crippen molar-refractivity contribution in [3.8, 4) is 0 Å². The molecule has 2 aliphatic rings. The van der Waals surface area contributed by atoms with Crippen LogP contribution in [-0.4, -0.2) is 42.0 Å². The summed E-state index contributed by atoms with van der Waals surface area (Å²) in [6.45, 7) is 1.44. The number of fused-ring (bicyclic) bond motifs is 1. The van der Waals surface area contributed by atoms with Crippen LogP contribution < -0.4 is 16.1 Å². The number of halogens is 4. The monoisotopic (exact) mass is 374 g/mol. The van der Waals surface area contributed by atoms with E-state index in [1.54, 1.807) is 6.92 Å². The maximum absolute atomic E-state index is 13.3. The summed E-state index contributed by atoms with van der Waals surface area (Å²) in [5, 5.41) is 6.42.